The second-order valence-electron chi connectivity index (χ2n) is 4.25. The molecule has 0 N–H and O–H groups in total. The molecule has 4 heteroatoms. The van der Waals surface area contributed by atoms with Gasteiger partial charge in [0.1, 0.15) is 11.8 Å². The molecule has 0 saturated carbocycles. The fourth-order valence-electron chi connectivity index (χ4n) is 1.89. The molecule has 0 aliphatic rings. The van der Waals surface area contributed by atoms with Crippen molar-refractivity contribution < 1.29 is 0 Å². The van der Waals surface area contributed by atoms with Crippen molar-refractivity contribution in [2.45, 2.75) is 0 Å². The highest BCUT2D eigenvalue weighted by molar-refractivity contribution is 6.17. The van der Waals surface area contributed by atoms with Crippen LogP contribution in [-0.4, -0.2) is 20.0 Å². The molecule has 100 valence electrons. The Balaban J connectivity index is 2.49. The number of benzene rings is 2. The van der Waals surface area contributed by atoms with Crippen molar-refractivity contribution in [1.82, 2.24) is 0 Å². The van der Waals surface area contributed by atoms with Gasteiger partial charge in [-0.25, -0.2) is 0 Å². The van der Waals surface area contributed by atoms with Gasteiger partial charge in [-0.1, -0.05) is 36.3 Å². The van der Waals surface area contributed by atoms with E-state index < -0.39 is 0 Å². The minimum atomic E-state index is 0.0731. The summed E-state index contributed by atoms with van der Waals surface area (Å²) in [6.45, 7) is 0. The summed E-state index contributed by atoms with van der Waals surface area (Å²) in [5.74, 6) is 5.85. The Hall–Kier alpha value is -3.29. The summed E-state index contributed by atoms with van der Waals surface area (Å²) < 4.78 is 0. The van der Waals surface area contributed by atoms with Gasteiger partial charge in [-0.2, -0.15) is 10.5 Å². The number of nitrogens with zero attached hydrogens (tertiary/aromatic N) is 3. The molecule has 3 nitrogen and oxygen atoms in total. The zero-order valence-corrected chi connectivity index (χ0v) is 11.7. The maximum Gasteiger partial charge on any atom is 0.115 e. The van der Waals surface area contributed by atoms with E-state index in [0.717, 1.165) is 0 Å². The van der Waals surface area contributed by atoms with Gasteiger partial charge in [-0.3, -0.25) is 4.99 Å². The molecular formula is C18H10BN3. The minimum Gasteiger partial charge on any atom is -0.285 e. The molecule has 0 unspecified atom stereocenters. The smallest absolute Gasteiger partial charge is 0.115 e. The molecular weight excluding hydrogens is 269 g/mol. The Bertz CT molecular complexity index is 858. The summed E-state index contributed by atoms with van der Waals surface area (Å²) in [4.78, 5) is 4.16. The van der Waals surface area contributed by atoms with E-state index in [1.807, 2.05) is 12.1 Å². The summed E-state index contributed by atoms with van der Waals surface area (Å²) in [6.07, 6.45) is 0.0731. The van der Waals surface area contributed by atoms with E-state index in [2.05, 4.69) is 29.0 Å². The quantitative estimate of drug-likeness (QED) is 0.481. The van der Waals surface area contributed by atoms with Crippen LogP contribution in [0.4, 0.5) is 0 Å². The molecule has 0 fully saturated rings. The first-order chi connectivity index (χ1) is 10.8. The fourth-order valence-corrected chi connectivity index (χ4v) is 1.89. The Labute approximate surface area is 131 Å². The van der Waals surface area contributed by atoms with Crippen LogP contribution in [0.3, 0.4) is 0 Å². The lowest BCUT2D eigenvalue weighted by Gasteiger charge is -2.02. The zero-order valence-electron chi connectivity index (χ0n) is 11.7. The SMILES string of the molecule is [B]C/N=C(/C#Cc1ccccc1C#N)c1ccccc1C#N. The zero-order chi connectivity index (χ0) is 15.8. The average Bonchev–Trinajstić information content (AvgIpc) is 2.58. The van der Waals surface area contributed by atoms with E-state index in [1.165, 1.54) is 0 Å². The van der Waals surface area contributed by atoms with Crippen molar-refractivity contribution in [2.24, 2.45) is 4.99 Å². The molecule has 22 heavy (non-hydrogen) atoms. The van der Waals surface area contributed by atoms with Crippen molar-refractivity contribution in [3.05, 3.63) is 70.8 Å². The van der Waals surface area contributed by atoms with Gasteiger partial charge in [-0.15, -0.1) is 0 Å². The molecule has 2 aromatic rings. The van der Waals surface area contributed by atoms with Crippen molar-refractivity contribution in [2.75, 3.05) is 6.44 Å². The molecule has 0 atom stereocenters. The number of nitriles is 2. The standard InChI is InChI=1S/C18H10BN3/c19-13-22-18(17-8-4-3-7-16(17)12-21)10-9-14-5-1-2-6-15(14)11-20/h1-8H,13H2/b22-18-. The molecule has 0 amide bonds. The number of hydrogen-bond donors (Lipinski definition) is 0. The van der Waals surface area contributed by atoms with Gasteiger partial charge in [0.15, 0.2) is 0 Å². The Morgan fingerprint density at radius 2 is 1.50 bits per heavy atom. The van der Waals surface area contributed by atoms with Gasteiger partial charge >= 0.3 is 0 Å². The first kappa shape index (κ1) is 15.1. The molecule has 0 saturated heterocycles. The van der Waals surface area contributed by atoms with Crippen LogP contribution in [-0.2, 0) is 0 Å². The number of aliphatic imine (C=N–C) groups is 1. The van der Waals surface area contributed by atoms with Gasteiger partial charge in [-0.05, 0) is 24.1 Å². The lowest BCUT2D eigenvalue weighted by atomic mass is 10.0. The van der Waals surface area contributed by atoms with Gasteiger partial charge in [0.2, 0.25) is 0 Å². The lowest BCUT2D eigenvalue weighted by molar-refractivity contribution is 1.36. The third-order valence-electron chi connectivity index (χ3n) is 2.92. The van der Waals surface area contributed by atoms with Crippen LogP contribution < -0.4 is 0 Å². The lowest BCUT2D eigenvalue weighted by Crippen LogP contribution is -2.02. The topological polar surface area (TPSA) is 59.9 Å². The fraction of sp³-hybridized carbons (Fsp3) is 0.0556. The van der Waals surface area contributed by atoms with E-state index in [1.54, 1.807) is 36.4 Å². The summed E-state index contributed by atoms with van der Waals surface area (Å²) in [7, 11) is 5.49. The van der Waals surface area contributed by atoms with Crippen molar-refractivity contribution in [3.63, 3.8) is 0 Å². The predicted molar refractivity (Wildman–Crippen MR) is 86.4 cm³/mol. The van der Waals surface area contributed by atoms with Crippen LogP contribution in [0.1, 0.15) is 22.3 Å². The van der Waals surface area contributed by atoms with E-state index in [0.29, 0.717) is 28.0 Å². The average molecular weight is 279 g/mol. The molecule has 0 spiro atoms. The molecule has 2 rings (SSSR count). The van der Waals surface area contributed by atoms with Gasteiger partial charge in [0.05, 0.1) is 25.0 Å². The van der Waals surface area contributed by atoms with Gasteiger partial charge in [0.25, 0.3) is 0 Å². The maximum atomic E-state index is 9.18. The largest absolute Gasteiger partial charge is 0.285 e. The maximum absolute atomic E-state index is 9.18. The minimum absolute atomic E-state index is 0.0731. The monoisotopic (exact) mass is 279 g/mol. The highest BCUT2D eigenvalue weighted by atomic mass is 14.7. The third kappa shape index (κ3) is 3.43. The van der Waals surface area contributed by atoms with Crippen molar-refractivity contribution in [3.8, 4) is 24.0 Å². The first-order valence-corrected chi connectivity index (χ1v) is 6.55. The van der Waals surface area contributed by atoms with Crippen molar-refractivity contribution >= 4 is 13.6 Å². The Morgan fingerprint density at radius 1 is 0.909 bits per heavy atom. The molecule has 0 heterocycles. The Kier molecular flexibility index (Phi) is 5.14. The molecule has 2 aromatic carbocycles. The van der Waals surface area contributed by atoms with E-state index in [9.17, 15) is 5.26 Å². The van der Waals surface area contributed by atoms with Gasteiger partial charge < -0.3 is 0 Å². The van der Waals surface area contributed by atoms with Crippen LogP contribution in [0, 0.1) is 34.5 Å². The van der Waals surface area contributed by atoms with E-state index >= 15 is 0 Å². The molecule has 0 bridgehead atoms. The van der Waals surface area contributed by atoms with Crippen LogP contribution in [0.15, 0.2) is 53.5 Å². The van der Waals surface area contributed by atoms with Crippen LogP contribution in [0.5, 0.6) is 0 Å². The normalized spacial score (nSPS) is 10.0. The van der Waals surface area contributed by atoms with Crippen LogP contribution in [0.2, 0.25) is 0 Å². The molecule has 0 aliphatic heterocycles. The number of hydrogen-bond acceptors (Lipinski definition) is 3. The van der Waals surface area contributed by atoms with E-state index in [-0.39, 0.29) is 6.44 Å². The highest BCUT2D eigenvalue weighted by Gasteiger charge is 2.06. The first-order valence-electron chi connectivity index (χ1n) is 6.55. The van der Waals surface area contributed by atoms with Crippen molar-refractivity contribution in [1.29, 1.82) is 10.5 Å². The van der Waals surface area contributed by atoms with Crippen LogP contribution in [0.25, 0.3) is 0 Å². The summed E-state index contributed by atoms with van der Waals surface area (Å²) >= 11 is 0. The van der Waals surface area contributed by atoms with Gasteiger partial charge in [0, 0.05) is 17.6 Å². The number of rotatable bonds is 2. The molecule has 0 aliphatic carbocycles. The molecule has 2 radical (unpaired) electrons. The summed E-state index contributed by atoms with van der Waals surface area (Å²) in [6, 6.07) is 18.3. The van der Waals surface area contributed by atoms with Crippen LogP contribution >= 0.6 is 0 Å². The Morgan fingerprint density at radius 3 is 2.14 bits per heavy atom. The second-order valence-corrected chi connectivity index (χ2v) is 4.25. The summed E-state index contributed by atoms with van der Waals surface area (Å²) in [5.41, 5.74) is 2.67. The predicted octanol–water partition coefficient (Wildman–Crippen LogP) is 2.40. The summed E-state index contributed by atoms with van der Waals surface area (Å²) in [5, 5.41) is 18.3. The highest BCUT2D eigenvalue weighted by Crippen LogP contribution is 2.10. The van der Waals surface area contributed by atoms with E-state index in [4.69, 9.17) is 13.1 Å². The molecule has 0 aromatic heterocycles. The third-order valence-corrected chi connectivity index (χ3v) is 2.92. The second kappa shape index (κ2) is 7.48.